The first kappa shape index (κ1) is 13.7. The highest BCUT2D eigenvalue weighted by molar-refractivity contribution is 8.00. The summed E-state index contributed by atoms with van der Waals surface area (Å²) in [6, 6.07) is 9.90. The molecule has 5 heteroatoms. The topological polar surface area (TPSA) is 46.9 Å². The second kappa shape index (κ2) is 6.43. The predicted molar refractivity (Wildman–Crippen MR) is 76.9 cm³/mol. The van der Waals surface area contributed by atoms with Gasteiger partial charge >= 0.3 is 0 Å². The summed E-state index contributed by atoms with van der Waals surface area (Å²) in [6.07, 6.45) is 3.69. The van der Waals surface area contributed by atoms with Gasteiger partial charge in [-0.05, 0) is 19.1 Å². The van der Waals surface area contributed by atoms with Crippen molar-refractivity contribution >= 4 is 17.7 Å². The van der Waals surface area contributed by atoms with E-state index in [-0.39, 0.29) is 11.9 Å². The molecule has 19 heavy (non-hydrogen) atoms. The molecule has 0 spiro atoms. The Morgan fingerprint density at radius 1 is 1.42 bits per heavy atom. The molecule has 1 aromatic carbocycles. The van der Waals surface area contributed by atoms with Crippen LogP contribution in [0.5, 0.6) is 0 Å². The molecule has 1 unspecified atom stereocenters. The number of amides is 1. The Labute approximate surface area is 117 Å². The molecule has 0 aliphatic heterocycles. The molecule has 1 amide bonds. The molecule has 1 aromatic heterocycles. The molecular formula is C14H17N3OS. The van der Waals surface area contributed by atoms with Gasteiger partial charge in [-0.1, -0.05) is 18.2 Å². The van der Waals surface area contributed by atoms with Gasteiger partial charge in [-0.25, -0.2) is 0 Å². The van der Waals surface area contributed by atoms with Gasteiger partial charge in [0.1, 0.15) is 0 Å². The molecule has 100 valence electrons. The molecule has 0 radical (unpaired) electrons. The summed E-state index contributed by atoms with van der Waals surface area (Å²) < 4.78 is 1.73. The summed E-state index contributed by atoms with van der Waals surface area (Å²) >= 11 is 1.54. The minimum atomic E-state index is -0.0161. The van der Waals surface area contributed by atoms with E-state index in [1.54, 1.807) is 10.9 Å². The number of carbonyl (C=O) groups is 1. The maximum Gasteiger partial charge on any atom is 0.230 e. The van der Waals surface area contributed by atoms with E-state index in [2.05, 4.69) is 10.4 Å². The highest BCUT2D eigenvalue weighted by Gasteiger charge is 2.11. The Bertz CT molecular complexity index is 539. The van der Waals surface area contributed by atoms with Gasteiger partial charge in [0.2, 0.25) is 5.91 Å². The Morgan fingerprint density at radius 3 is 2.79 bits per heavy atom. The van der Waals surface area contributed by atoms with E-state index in [0.717, 1.165) is 10.5 Å². The number of hydrogen-bond donors (Lipinski definition) is 1. The van der Waals surface area contributed by atoms with Gasteiger partial charge in [-0.3, -0.25) is 9.48 Å². The monoisotopic (exact) mass is 275 g/mol. The van der Waals surface area contributed by atoms with Crippen LogP contribution < -0.4 is 5.32 Å². The van der Waals surface area contributed by atoms with Crippen LogP contribution in [0.4, 0.5) is 0 Å². The number of nitrogens with zero attached hydrogens (tertiary/aromatic N) is 2. The molecule has 1 heterocycles. The Hall–Kier alpha value is -1.75. The summed E-state index contributed by atoms with van der Waals surface area (Å²) in [5, 5.41) is 7.07. The molecule has 0 saturated heterocycles. The molecule has 2 aromatic rings. The summed E-state index contributed by atoms with van der Waals surface area (Å²) in [6.45, 7) is 1.96. The molecule has 0 aliphatic carbocycles. The van der Waals surface area contributed by atoms with E-state index >= 15 is 0 Å². The number of thioether (sulfide) groups is 1. The van der Waals surface area contributed by atoms with Gasteiger partial charge in [-0.15, -0.1) is 11.8 Å². The number of carbonyl (C=O) groups excluding carboxylic acids is 1. The average Bonchev–Trinajstić information content (AvgIpc) is 2.84. The lowest BCUT2D eigenvalue weighted by Crippen LogP contribution is -2.27. The van der Waals surface area contributed by atoms with Crippen LogP contribution in [-0.4, -0.2) is 21.4 Å². The molecule has 0 bridgehead atoms. The summed E-state index contributed by atoms with van der Waals surface area (Å²) in [5.74, 6) is 0.458. The van der Waals surface area contributed by atoms with Gasteiger partial charge in [0.25, 0.3) is 0 Å². The van der Waals surface area contributed by atoms with Gasteiger partial charge < -0.3 is 5.32 Å². The SMILES string of the molecule is CC(NC(=O)CSc1ccccc1)c1cnn(C)c1. The number of benzene rings is 1. The van der Waals surface area contributed by atoms with E-state index in [0.29, 0.717) is 5.75 Å². The predicted octanol–water partition coefficient (Wildman–Crippen LogP) is 2.39. The van der Waals surface area contributed by atoms with Crippen molar-refractivity contribution < 1.29 is 4.79 Å². The lowest BCUT2D eigenvalue weighted by Gasteiger charge is -2.11. The van der Waals surface area contributed by atoms with Crippen molar-refractivity contribution in [2.45, 2.75) is 17.9 Å². The molecule has 0 saturated carbocycles. The summed E-state index contributed by atoms with van der Waals surface area (Å²) in [5.41, 5.74) is 1.01. The van der Waals surface area contributed by atoms with E-state index in [1.807, 2.05) is 50.5 Å². The first-order valence-electron chi connectivity index (χ1n) is 6.11. The lowest BCUT2D eigenvalue weighted by molar-refractivity contribution is -0.119. The third-order valence-electron chi connectivity index (χ3n) is 2.72. The third-order valence-corrected chi connectivity index (χ3v) is 3.73. The number of rotatable bonds is 5. The zero-order valence-electron chi connectivity index (χ0n) is 11.0. The maximum absolute atomic E-state index is 11.8. The standard InChI is InChI=1S/C14H17N3OS/c1-11(12-8-15-17(2)9-12)16-14(18)10-19-13-6-4-3-5-7-13/h3-9,11H,10H2,1-2H3,(H,16,18). The Morgan fingerprint density at radius 2 is 2.16 bits per heavy atom. The fourth-order valence-electron chi connectivity index (χ4n) is 1.70. The normalized spacial score (nSPS) is 12.1. The van der Waals surface area contributed by atoms with Crippen molar-refractivity contribution in [2.24, 2.45) is 7.05 Å². The number of hydrogen-bond acceptors (Lipinski definition) is 3. The van der Waals surface area contributed by atoms with Crippen molar-refractivity contribution in [2.75, 3.05) is 5.75 Å². The fraction of sp³-hybridized carbons (Fsp3) is 0.286. The smallest absolute Gasteiger partial charge is 0.230 e. The maximum atomic E-state index is 11.8. The Kier molecular flexibility index (Phi) is 4.63. The van der Waals surface area contributed by atoms with E-state index < -0.39 is 0 Å². The second-order valence-electron chi connectivity index (χ2n) is 4.34. The number of nitrogens with one attached hydrogen (secondary N) is 1. The van der Waals surface area contributed by atoms with Gasteiger partial charge in [0.15, 0.2) is 0 Å². The fourth-order valence-corrected chi connectivity index (χ4v) is 2.43. The lowest BCUT2D eigenvalue weighted by atomic mass is 10.2. The van der Waals surface area contributed by atoms with Crippen LogP contribution >= 0.6 is 11.8 Å². The second-order valence-corrected chi connectivity index (χ2v) is 5.39. The minimum Gasteiger partial charge on any atom is -0.349 e. The van der Waals surface area contributed by atoms with Crippen molar-refractivity contribution in [1.29, 1.82) is 0 Å². The van der Waals surface area contributed by atoms with E-state index in [1.165, 1.54) is 11.8 Å². The van der Waals surface area contributed by atoms with Crippen molar-refractivity contribution in [1.82, 2.24) is 15.1 Å². The number of aromatic nitrogens is 2. The third kappa shape index (κ3) is 4.13. The van der Waals surface area contributed by atoms with Crippen LogP contribution in [0.2, 0.25) is 0 Å². The van der Waals surface area contributed by atoms with Crippen molar-refractivity contribution in [3.63, 3.8) is 0 Å². The van der Waals surface area contributed by atoms with Crippen LogP contribution in [0.1, 0.15) is 18.5 Å². The minimum absolute atomic E-state index is 0.0161. The zero-order chi connectivity index (χ0) is 13.7. The Balaban J connectivity index is 1.81. The first-order valence-corrected chi connectivity index (χ1v) is 7.09. The largest absolute Gasteiger partial charge is 0.349 e. The highest BCUT2D eigenvalue weighted by atomic mass is 32.2. The van der Waals surface area contributed by atoms with Crippen LogP contribution in [0.15, 0.2) is 47.6 Å². The molecule has 1 N–H and O–H groups in total. The van der Waals surface area contributed by atoms with Crippen molar-refractivity contribution in [3.8, 4) is 0 Å². The summed E-state index contributed by atoms with van der Waals surface area (Å²) in [4.78, 5) is 13.0. The first-order chi connectivity index (χ1) is 9.15. The highest BCUT2D eigenvalue weighted by Crippen LogP contribution is 2.17. The molecule has 1 atom stereocenters. The molecular weight excluding hydrogens is 258 g/mol. The molecule has 4 nitrogen and oxygen atoms in total. The van der Waals surface area contributed by atoms with E-state index in [4.69, 9.17) is 0 Å². The van der Waals surface area contributed by atoms with Gasteiger partial charge in [0, 0.05) is 23.7 Å². The van der Waals surface area contributed by atoms with Gasteiger partial charge in [-0.2, -0.15) is 5.10 Å². The summed E-state index contributed by atoms with van der Waals surface area (Å²) in [7, 11) is 1.86. The molecule has 0 aliphatic rings. The van der Waals surface area contributed by atoms with E-state index in [9.17, 15) is 4.79 Å². The number of aryl methyl sites for hydroxylation is 1. The average molecular weight is 275 g/mol. The quantitative estimate of drug-likeness (QED) is 0.852. The molecule has 2 rings (SSSR count). The van der Waals surface area contributed by atoms with Crippen molar-refractivity contribution in [3.05, 3.63) is 48.3 Å². The van der Waals surface area contributed by atoms with Crippen LogP contribution in [0, 0.1) is 0 Å². The van der Waals surface area contributed by atoms with Crippen LogP contribution in [0.25, 0.3) is 0 Å². The van der Waals surface area contributed by atoms with Gasteiger partial charge in [0.05, 0.1) is 18.0 Å². The van der Waals surface area contributed by atoms with Crippen LogP contribution in [0.3, 0.4) is 0 Å². The van der Waals surface area contributed by atoms with Crippen LogP contribution in [-0.2, 0) is 11.8 Å². The molecule has 0 fully saturated rings. The zero-order valence-corrected chi connectivity index (χ0v) is 11.9.